The van der Waals surface area contributed by atoms with Crippen LogP contribution in [0.3, 0.4) is 0 Å². The summed E-state index contributed by atoms with van der Waals surface area (Å²) in [6.07, 6.45) is 6.30. The van der Waals surface area contributed by atoms with Crippen LogP contribution in [0.25, 0.3) is 0 Å². The smallest absolute Gasteiger partial charge is 0.394 e. The van der Waals surface area contributed by atoms with E-state index in [1.54, 1.807) is 0 Å². The first-order valence-corrected chi connectivity index (χ1v) is 14.2. The van der Waals surface area contributed by atoms with Gasteiger partial charge < -0.3 is 43.0 Å². The Morgan fingerprint density at radius 2 is 0.676 bits per heavy atom. The molecule has 0 atom stereocenters. The molecule has 37 heavy (non-hydrogen) atoms. The second-order valence-corrected chi connectivity index (χ2v) is 8.38. The predicted molar refractivity (Wildman–Crippen MR) is 137 cm³/mol. The fourth-order valence-electron chi connectivity index (χ4n) is 2.51. The van der Waals surface area contributed by atoms with E-state index in [1.165, 1.54) is 25.7 Å². The number of aliphatic hydroxyl groups excluding tert-OH is 1. The Morgan fingerprint density at radius 3 is 0.946 bits per heavy atom. The molecule has 0 aliphatic heterocycles. The zero-order valence-corrected chi connectivity index (χ0v) is 23.2. The highest BCUT2D eigenvalue weighted by Gasteiger charge is 1.95. The van der Waals surface area contributed by atoms with Gasteiger partial charge in [0.2, 0.25) is 0 Å². The molecule has 0 rings (SSSR count). The van der Waals surface area contributed by atoms with Crippen molar-refractivity contribution in [2.24, 2.45) is 0 Å². The number of hydrogen-bond donors (Lipinski definition) is 3. The molecule has 0 unspecified atom stereocenters. The average molecular weight is 567 g/mol. The van der Waals surface area contributed by atoms with Crippen LogP contribution in [-0.2, 0) is 48.3 Å². The van der Waals surface area contributed by atoms with Gasteiger partial charge in [0.15, 0.2) is 0 Å². The Hall–Kier alpha value is -0.490. The molecule has 226 valence electrons. The van der Waals surface area contributed by atoms with E-state index in [4.69, 9.17) is 60.5 Å². The highest BCUT2D eigenvalue weighted by atomic mass is 32.3. The summed E-state index contributed by atoms with van der Waals surface area (Å²) in [7, 11) is -4.67. The zero-order chi connectivity index (χ0) is 27.7. The summed E-state index contributed by atoms with van der Waals surface area (Å²) in [6.45, 7) is 11.1. The van der Waals surface area contributed by atoms with Crippen LogP contribution in [0.2, 0.25) is 0 Å². The van der Waals surface area contributed by atoms with Crippen molar-refractivity contribution in [3.8, 4) is 0 Å². The van der Waals surface area contributed by atoms with Gasteiger partial charge >= 0.3 is 10.4 Å². The lowest BCUT2D eigenvalue weighted by Crippen LogP contribution is -2.15. The van der Waals surface area contributed by atoms with Crippen molar-refractivity contribution >= 4 is 10.4 Å². The van der Waals surface area contributed by atoms with E-state index in [9.17, 15) is 0 Å². The quantitative estimate of drug-likeness (QED) is 0.0879. The summed E-state index contributed by atoms with van der Waals surface area (Å²) in [6, 6.07) is 0. The summed E-state index contributed by atoms with van der Waals surface area (Å²) in [4.78, 5) is 0. The molecule has 0 radical (unpaired) electrons. The first kappa shape index (κ1) is 38.7. The highest BCUT2D eigenvalue weighted by molar-refractivity contribution is 7.79. The Labute approximate surface area is 222 Å². The molecule has 3 N–H and O–H groups in total. The van der Waals surface area contributed by atoms with E-state index in [0.717, 1.165) is 13.0 Å². The molecule has 0 aromatic rings. The van der Waals surface area contributed by atoms with Crippen molar-refractivity contribution in [3.05, 3.63) is 0 Å². The van der Waals surface area contributed by atoms with Crippen molar-refractivity contribution in [1.82, 2.24) is 0 Å². The van der Waals surface area contributed by atoms with Gasteiger partial charge in [-0.1, -0.05) is 32.6 Å². The number of rotatable bonds is 29. The van der Waals surface area contributed by atoms with Crippen molar-refractivity contribution in [2.45, 2.75) is 39.0 Å². The minimum Gasteiger partial charge on any atom is -0.394 e. The van der Waals surface area contributed by atoms with E-state index in [1.807, 2.05) is 0 Å². The summed E-state index contributed by atoms with van der Waals surface area (Å²) >= 11 is 0. The molecule has 0 saturated carbocycles. The van der Waals surface area contributed by atoms with E-state index < -0.39 is 10.4 Å². The van der Waals surface area contributed by atoms with Crippen LogP contribution < -0.4 is 0 Å². The van der Waals surface area contributed by atoms with E-state index in [0.29, 0.717) is 99.1 Å². The number of aliphatic hydroxyl groups is 1. The van der Waals surface area contributed by atoms with Crippen LogP contribution in [0, 0.1) is 0 Å². The molecule has 0 amide bonds. The van der Waals surface area contributed by atoms with Crippen LogP contribution in [-0.4, -0.2) is 135 Å². The molecule has 0 fully saturated rings. The van der Waals surface area contributed by atoms with E-state index >= 15 is 0 Å². The second-order valence-electron chi connectivity index (χ2n) is 7.48. The molecule has 0 aliphatic rings. The van der Waals surface area contributed by atoms with E-state index in [-0.39, 0.29) is 6.61 Å². The molecule has 0 saturated heterocycles. The average Bonchev–Trinajstić information content (AvgIpc) is 2.85. The maximum atomic E-state index is 8.74. The molecular formula is C23H50O13S. The van der Waals surface area contributed by atoms with Gasteiger partial charge in [0, 0.05) is 6.61 Å². The van der Waals surface area contributed by atoms with Gasteiger partial charge in [-0.05, 0) is 6.42 Å². The standard InChI is InChI=1S/C23H48O9.H2O4S/c1-2-3-4-5-6-8-25-10-12-27-14-16-29-18-20-31-22-23-32-21-19-30-17-15-28-13-11-26-9-7-24;1-5(2,3)4/h24H,2-23H2,1H3;(H2,1,2,3,4). The van der Waals surface area contributed by atoms with Crippen LogP contribution >= 0.6 is 0 Å². The molecule has 0 aromatic carbocycles. The van der Waals surface area contributed by atoms with Gasteiger partial charge in [0.1, 0.15) is 0 Å². The predicted octanol–water partition coefficient (Wildman–Crippen LogP) is 1.43. The van der Waals surface area contributed by atoms with Gasteiger partial charge in [-0.25, -0.2) is 0 Å². The van der Waals surface area contributed by atoms with Gasteiger partial charge in [0.05, 0.1) is 106 Å². The van der Waals surface area contributed by atoms with Crippen LogP contribution in [0.4, 0.5) is 0 Å². The summed E-state index contributed by atoms with van der Waals surface area (Å²) < 4.78 is 74.7. The minimum absolute atomic E-state index is 0.0351. The lowest BCUT2D eigenvalue weighted by molar-refractivity contribution is -0.0238. The molecule has 14 heteroatoms. The molecule has 0 aromatic heterocycles. The first-order chi connectivity index (χ1) is 17.9. The Morgan fingerprint density at radius 1 is 0.432 bits per heavy atom. The second kappa shape index (κ2) is 33.5. The normalized spacial score (nSPS) is 11.5. The van der Waals surface area contributed by atoms with Crippen molar-refractivity contribution in [1.29, 1.82) is 0 Å². The third-order valence-corrected chi connectivity index (χ3v) is 4.23. The molecule has 0 bridgehead atoms. The highest BCUT2D eigenvalue weighted by Crippen LogP contribution is 2.02. The summed E-state index contributed by atoms with van der Waals surface area (Å²) in [5.74, 6) is 0. The Kier molecular flexibility index (Phi) is 35.0. The monoisotopic (exact) mass is 566 g/mol. The van der Waals surface area contributed by atoms with Gasteiger partial charge in [0.25, 0.3) is 0 Å². The van der Waals surface area contributed by atoms with Gasteiger partial charge in [-0.2, -0.15) is 8.42 Å². The molecule has 0 spiro atoms. The molecule has 0 heterocycles. The summed E-state index contributed by atoms with van der Waals surface area (Å²) in [5, 5.41) is 8.54. The van der Waals surface area contributed by atoms with Crippen LogP contribution in [0.5, 0.6) is 0 Å². The van der Waals surface area contributed by atoms with E-state index in [2.05, 4.69) is 6.92 Å². The first-order valence-electron chi connectivity index (χ1n) is 12.8. The Balaban J connectivity index is 0. The topological polar surface area (TPSA) is 169 Å². The van der Waals surface area contributed by atoms with Gasteiger partial charge in [-0.3, -0.25) is 9.11 Å². The molecule has 0 aliphatic carbocycles. The summed E-state index contributed by atoms with van der Waals surface area (Å²) in [5.41, 5.74) is 0. The van der Waals surface area contributed by atoms with Crippen LogP contribution in [0.15, 0.2) is 0 Å². The maximum Gasteiger partial charge on any atom is 0.394 e. The molecular weight excluding hydrogens is 516 g/mol. The lowest BCUT2D eigenvalue weighted by atomic mass is 10.2. The number of ether oxygens (including phenoxy) is 8. The number of hydrogen-bond acceptors (Lipinski definition) is 11. The van der Waals surface area contributed by atoms with Crippen LogP contribution in [0.1, 0.15) is 39.0 Å². The van der Waals surface area contributed by atoms with Crippen molar-refractivity contribution in [2.75, 3.05) is 112 Å². The fourth-order valence-corrected chi connectivity index (χ4v) is 2.51. The largest absolute Gasteiger partial charge is 0.394 e. The minimum atomic E-state index is -4.67. The third-order valence-electron chi connectivity index (χ3n) is 4.23. The Bertz CT molecular complexity index is 471. The van der Waals surface area contributed by atoms with Crippen molar-refractivity contribution in [3.63, 3.8) is 0 Å². The molecule has 13 nitrogen and oxygen atoms in total. The fraction of sp³-hybridized carbons (Fsp3) is 1.00. The van der Waals surface area contributed by atoms with Gasteiger partial charge in [-0.15, -0.1) is 0 Å². The van der Waals surface area contributed by atoms with Crippen molar-refractivity contribution < 1.29 is 60.5 Å². The SMILES string of the molecule is CCCCCCCOCCOCCOCCOCCOCCOCCOCCOCCO.O=S(=O)(O)O. The number of unbranched alkanes of at least 4 members (excludes halogenated alkanes) is 4. The lowest BCUT2D eigenvalue weighted by Gasteiger charge is -2.08. The zero-order valence-electron chi connectivity index (χ0n) is 22.4. The maximum absolute atomic E-state index is 8.74. The third kappa shape index (κ3) is 49.1.